The number of aryl methyl sites for hydroxylation is 3. The zero-order valence-corrected chi connectivity index (χ0v) is 14.9. The molecule has 0 radical (unpaired) electrons. The summed E-state index contributed by atoms with van der Waals surface area (Å²) in [6.07, 6.45) is 1.11. The zero-order valence-electron chi connectivity index (χ0n) is 14.9. The lowest BCUT2D eigenvalue weighted by atomic mass is 10.1. The molecule has 1 amide bonds. The van der Waals surface area contributed by atoms with Crippen LogP contribution in [-0.4, -0.2) is 41.6 Å². The van der Waals surface area contributed by atoms with Gasteiger partial charge in [0.25, 0.3) is 5.56 Å². The zero-order chi connectivity index (χ0) is 18.5. The lowest BCUT2D eigenvalue weighted by Gasteiger charge is -2.32. The fourth-order valence-electron chi connectivity index (χ4n) is 2.91. The summed E-state index contributed by atoms with van der Waals surface area (Å²) in [5, 5.41) is 9.07. The molecular formula is C17H23N3O6. The van der Waals surface area contributed by atoms with E-state index in [1.165, 1.54) is 6.07 Å². The summed E-state index contributed by atoms with van der Waals surface area (Å²) < 4.78 is 21.6. The van der Waals surface area contributed by atoms with Crippen molar-refractivity contribution in [2.75, 3.05) is 13.2 Å². The van der Waals surface area contributed by atoms with Gasteiger partial charge in [-0.2, -0.15) is 5.16 Å². The molecule has 9 heteroatoms. The number of hydrogen-bond acceptors (Lipinski definition) is 7. The van der Waals surface area contributed by atoms with Crippen LogP contribution in [0.15, 0.2) is 19.9 Å². The Labute approximate surface area is 150 Å². The van der Waals surface area contributed by atoms with Crippen molar-refractivity contribution in [3.05, 3.63) is 39.2 Å². The number of hydrogen-bond donors (Lipinski definition) is 2. The number of carbonyl (C=O) groups is 1. The van der Waals surface area contributed by atoms with Gasteiger partial charge in [0.15, 0.2) is 0 Å². The Bertz CT molecular complexity index is 773. The third kappa shape index (κ3) is 4.61. The molecule has 0 aromatic carbocycles. The van der Waals surface area contributed by atoms with Crippen LogP contribution in [0.3, 0.4) is 0 Å². The van der Waals surface area contributed by atoms with Crippen molar-refractivity contribution in [1.82, 2.24) is 15.6 Å². The molecule has 9 nitrogen and oxygen atoms in total. The molecule has 2 aromatic heterocycles. The first kappa shape index (κ1) is 18.4. The van der Waals surface area contributed by atoms with E-state index in [1.54, 1.807) is 0 Å². The number of nitrogens with zero attached hydrogens (tertiary/aromatic N) is 1. The van der Waals surface area contributed by atoms with E-state index in [2.05, 4.69) is 15.6 Å². The highest BCUT2D eigenvalue weighted by Gasteiger charge is 2.28. The van der Waals surface area contributed by atoms with E-state index in [4.69, 9.17) is 18.5 Å². The average Bonchev–Trinajstić information content (AvgIpc) is 3.18. The Morgan fingerprint density at radius 3 is 3.00 bits per heavy atom. The lowest BCUT2D eigenvalue weighted by Crippen LogP contribution is -2.50. The van der Waals surface area contributed by atoms with Gasteiger partial charge < -0.3 is 23.8 Å². The second-order valence-corrected chi connectivity index (χ2v) is 6.37. The van der Waals surface area contributed by atoms with Crippen molar-refractivity contribution < 1.29 is 23.3 Å². The number of ether oxygens (including phenoxy) is 2. The average molecular weight is 365 g/mol. The molecule has 3 rings (SSSR count). The highest BCUT2D eigenvalue weighted by Crippen LogP contribution is 2.18. The number of aromatic amines is 1. The summed E-state index contributed by atoms with van der Waals surface area (Å²) in [5.41, 5.74) is 1.43. The van der Waals surface area contributed by atoms with Gasteiger partial charge in [-0.05, 0) is 20.3 Å². The van der Waals surface area contributed by atoms with Crippen LogP contribution in [-0.2, 0) is 27.3 Å². The molecule has 2 N–H and O–H groups in total. The Kier molecular flexibility index (Phi) is 5.89. The number of aromatic nitrogens is 2. The Morgan fingerprint density at radius 2 is 2.31 bits per heavy atom. The smallest absolute Gasteiger partial charge is 0.280 e. The van der Waals surface area contributed by atoms with Gasteiger partial charge in [0.1, 0.15) is 11.5 Å². The molecule has 3 heterocycles. The summed E-state index contributed by atoms with van der Waals surface area (Å²) in [7, 11) is 0. The van der Waals surface area contributed by atoms with Crippen LogP contribution < -0.4 is 10.9 Å². The first-order chi connectivity index (χ1) is 12.5. The Balaban J connectivity index is 1.51. The van der Waals surface area contributed by atoms with Gasteiger partial charge in [-0.3, -0.25) is 9.59 Å². The Morgan fingerprint density at radius 1 is 1.46 bits per heavy atom. The quantitative estimate of drug-likeness (QED) is 0.751. The molecule has 0 bridgehead atoms. The molecule has 0 unspecified atom stereocenters. The molecule has 26 heavy (non-hydrogen) atoms. The van der Waals surface area contributed by atoms with Crippen LogP contribution in [0.5, 0.6) is 0 Å². The summed E-state index contributed by atoms with van der Waals surface area (Å²) in [5.74, 6) is 1.05. The van der Waals surface area contributed by atoms with Crippen molar-refractivity contribution in [2.45, 2.75) is 51.9 Å². The van der Waals surface area contributed by atoms with Gasteiger partial charge in [-0.25, -0.2) is 0 Å². The van der Waals surface area contributed by atoms with Crippen molar-refractivity contribution >= 4 is 5.91 Å². The summed E-state index contributed by atoms with van der Waals surface area (Å²) in [4.78, 5) is 23.2. The van der Waals surface area contributed by atoms with Gasteiger partial charge in [0.2, 0.25) is 5.91 Å². The molecular weight excluding hydrogens is 342 g/mol. The minimum atomic E-state index is -0.311. The van der Waals surface area contributed by atoms with E-state index in [1.807, 2.05) is 13.8 Å². The first-order valence-electron chi connectivity index (χ1n) is 8.61. The number of carbonyl (C=O) groups excluding carboxylic acids is 1. The van der Waals surface area contributed by atoms with Crippen LogP contribution in [0.2, 0.25) is 0 Å². The number of H-pyrrole nitrogens is 1. The third-order valence-corrected chi connectivity index (χ3v) is 4.44. The van der Waals surface area contributed by atoms with Crippen LogP contribution in [0.4, 0.5) is 0 Å². The van der Waals surface area contributed by atoms with Crippen molar-refractivity contribution in [1.29, 1.82) is 0 Å². The minimum absolute atomic E-state index is 0.143. The monoisotopic (exact) mass is 365 g/mol. The maximum Gasteiger partial charge on any atom is 0.280 e. The molecule has 142 valence electrons. The molecule has 0 spiro atoms. The van der Waals surface area contributed by atoms with Crippen LogP contribution in [0, 0.1) is 13.8 Å². The third-order valence-electron chi connectivity index (χ3n) is 4.44. The lowest BCUT2D eigenvalue weighted by molar-refractivity contribution is -0.126. The van der Waals surface area contributed by atoms with Crippen molar-refractivity contribution in [3.63, 3.8) is 0 Å². The summed E-state index contributed by atoms with van der Waals surface area (Å²) in [6.45, 7) is 5.09. The van der Waals surface area contributed by atoms with E-state index in [-0.39, 0.29) is 30.0 Å². The van der Waals surface area contributed by atoms with Gasteiger partial charge in [0, 0.05) is 31.1 Å². The van der Waals surface area contributed by atoms with Crippen LogP contribution in [0.25, 0.3) is 0 Å². The van der Waals surface area contributed by atoms with E-state index in [9.17, 15) is 9.59 Å². The molecule has 0 aliphatic carbocycles. The highest BCUT2D eigenvalue weighted by atomic mass is 16.5. The summed E-state index contributed by atoms with van der Waals surface area (Å²) >= 11 is 0. The molecule has 2 atom stereocenters. The molecule has 1 aliphatic heterocycles. The predicted molar refractivity (Wildman–Crippen MR) is 89.6 cm³/mol. The van der Waals surface area contributed by atoms with E-state index >= 15 is 0 Å². The second kappa shape index (κ2) is 8.33. The number of amides is 1. The van der Waals surface area contributed by atoms with Gasteiger partial charge in [-0.1, -0.05) is 5.16 Å². The van der Waals surface area contributed by atoms with Crippen molar-refractivity contribution in [3.8, 4) is 0 Å². The Hall–Kier alpha value is -2.39. The molecule has 0 saturated carbocycles. The van der Waals surface area contributed by atoms with Gasteiger partial charge >= 0.3 is 0 Å². The molecule has 1 fully saturated rings. The molecule has 1 aliphatic rings. The normalized spacial score (nSPS) is 20.2. The van der Waals surface area contributed by atoms with Gasteiger partial charge in [-0.15, -0.1) is 0 Å². The fourth-order valence-corrected chi connectivity index (χ4v) is 2.91. The van der Waals surface area contributed by atoms with E-state index in [0.29, 0.717) is 38.4 Å². The van der Waals surface area contributed by atoms with Crippen LogP contribution >= 0.6 is 0 Å². The summed E-state index contributed by atoms with van der Waals surface area (Å²) in [6, 6.07) is 1.11. The highest BCUT2D eigenvalue weighted by molar-refractivity contribution is 5.76. The van der Waals surface area contributed by atoms with E-state index < -0.39 is 0 Å². The fraction of sp³-hybridized carbons (Fsp3) is 0.588. The topological polar surface area (TPSA) is 120 Å². The van der Waals surface area contributed by atoms with E-state index in [0.717, 1.165) is 17.0 Å². The standard InChI is InChI=1S/C17H23N3O6/c1-10-13(11(2)25-19-10)8-24-15-5-6-23-9-14(15)18-16(21)4-3-12-7-17(22)20-26-12/h7,14-15H,3-6,8-9H2,1-2H3,(H,18,21)(H,20,22)/t14-,15+/m1/s1. The van der Waals surface area contributed by atoms with Crippen LogP contribution in [0.1, 0.15) is 35.6 Å². The maximum atomic E-state index is 12.2. The maximum absolute atomic E-state index is 12.2. The van der Waals surface area contributed by atoms with Gasteiger partial charge in [0.05, 0.1) is 31.1 Å². The number of nitrogens with one attached hydrogen (secondary N) is 2. The minimum Gasteiger partial charge on any atom is -0.384 e. The number of rotatable bonds is 7. The molecule has 1 saturated heterocycles. The second-order valence-electron chi connectivity index (χ2n) is 6.37. The first-order valence-corrected chi connectivity index (χ1v) is 8.61. The molecule has 2 aromatic rings. The predicted octanol–water partition coefficient (Wildman–Crippen LogP) is 0.996. The SMILES string of the molecule is Cc1noc(C)c1CO[C@H]1CCOC[C@H]1NC(=O)CCc1cc(=O)[nH]o1. The largest absolute Gasteiger partial charge is 0.384 e. The van der Waals surface area contributed by atoms with Crippen molar-refractivity contribution in [2.24, 2.45) is 0 Å².